The van der Waals surface area contributed by atoms with Crippen molar-refractivity contribution in [3.63, 3.8) is 0 Å². The number of unbranched alkanes of at least 4 members (excludes halogenated alkanes) is 1. The number of rotatable bonds is 7. The van der Waals surface area contributed by atoms with Crippen molar-refractivity contribution in [2.45, 2.75) is 39.2 Å². The number of halogens is 1. The average Bonchev–Trinajstić information content (AvgIpc) is 3.04. The Labute approximate surface area is 180 Å². The molecule has 0 spiro atoms. The maximum Gasteiger partial charge on any atom is 0.409 e. The monoisotopic (exact) mass is 468 g/mol. The highest BCUT2D eigenvalue weighted by Crippen LogP contribution is 2.43. The molecule has 0 radical (unpaired) electrons. The first-order valence-corrected chi connectivity index (χ1v) is 10.9. The summed E-state index contributed by atoms with van der Waals surface area (Å²) in [5, 5.41) is 0. The van der Waals surface area contributed by atoms with Crippen molar-refractivity contribution in [2.24, 2.45) is 5.92 Å². The van der Waals surface area contributed by atoms with Crippen LogP contribution in [0, 0.1) is 5.92 Å². The third-order valence-electron chi connectivity index (χ3n) is 5.65. The second-order valence-electron chi connectivity index (χ2n) is 7.54. The molecule has 2 amide bonds. The highest BCUT2D eigenvalue weighted by molar-refractivity contribution is 9.10. The van der Waals surface area contributed by atoms with Gasteiger partial charge in [0.15, 0.2) is 11.5 Å². The van der Waals surface area contributed by atoms with E-state index in [0.717, 1.165) is 35.7 Å². The number of methoxy groups -OCH3 is 2. The van der Waals surface area contributed by atoms with Gasteiger partial charge in [0.1, 0.15) is 0 Å². The minimum Gasteiger partial charge on any atom is -0.493 e. The lowest BCUT2D eigenvalue weighted by Crippen LogP contribution is -2.42. The van der Waals surface area contributed by atoms with Crippen molar-refractivity contribution in [1.82, 2.24) is 9.80 Å². The van der Waals surface area contributed by atoms with Crippen LogP contribution in [0.4, 0.5) is 4.79 Å². The number of carbonyl (C=O) groups is 2. The lowest BCUT2D eigenvalue weighted by molar-refractivity contribution is 0.0665. The Morgan fingerprint density at radius 3 is 2.59 bits per heavy atom. The molecule has 0 aromatic heterocycles. The summed E-state index contributed by atoms with van der Waals surface area (Å²) >= 11 is 3.57. The average molecular weight is 469 g/mol. The number of ether oxygens (including phenoxy) is 3. The Kier molecular flexibility index (Phi) is 7.27. The van der Waals surface area contributed by atoms with Crippen LogP contribution in [-0.2, 0) is 11.3 Å². The van der Waals surface area contributed by atoms with Gasteiger partial charge in [0, 0.05) is 37.3 Å². The first kappa shape index (κ1) is 21.7. The Bertz CT molecular complexity index is 762. The predicted molar refractivity (Wildman–Crippen MR) is 113 cm³/mol. The molecule has 1 fully saturated rings. The summed E-state index contributed by atoms with van der Waals surface area (Å²) in [4.78, 5) is 28.7. The van der Waals surface area contributed by atoms with Crippen molar-refractivity contribution in [2.75, 3.05) is 40.5 Å². The minimum atomic E-state index is -0.218. The number of nitrogens with zero attached hydrogens (tertiary/aromatic N) is 2. The summed E-state index contributed by atoms with van der Waals surface area (Å²) in [5.74, 6) is 1.54. The molecule has 7 nitrogen and oxygen atoms in total. The van der Waals surface area contributed by atoms with Gasteiger partial charge in [-0.05, 0) is 47.2 Å². The van der Waals surface area contributed by atoms with Crippen LogP contribution in [-0.4, -0.2) is 62.3 Å². The van der Waals surface area contributed by atoms with E-state index >= 15 is 0 Å². The summed E-state index contributed by atoms with van der Waals surface area (Å²) < 4.78 is 16.9. The SMILES string of the molecule is CCCCOC(=O)N1CCC(CN2Cc3c(cc(OC)c(OC)c3Br)C2=O)CC1. The van der Waals surface area contributed by atoms with Crippen molar-refractivity contribution in [3.05, 3.63) is 21.7 Å². The van der Waals surface area contributed by atoms with Gasteiger partial charge in [-0.15, -0.1) is 0 Å². The summed E-state index contributed by atoms with van der Waals surface area (Å²) in [5.41, 5.74) is 1.59. The van der Waals surface area contributed by atoms with E-state index in [1.54, 1.807) is 25.2 Å². The van der Waals surface area contributed by atoms with Crippen LogP contribution in [0.25, 0.3) is 0 Å². The molecule has 1 aromatic rings. The fourth-order valence-electron chi connectivity index (χ4n) is 3.92. The summed E-state index contributed by atoms with van der Waals surface area (Å²) in [7, 11) is 3.15. The van der Waals surface area contributed by atoms with Crippen LogP contribution < -0.4 is 9.47 Å². The second-order valence-corrected chi connectivity index (χ2v) is 8.33. The molecule has 0 saturated carbocycles. The molecule has 0 N–H and O–H groups in total. The van der Waals surface area contributed by atoms with E-state index in [2.05, 4.69) is 22.9 Å². The zero-order valence-electron chi connectivity index (χ0n) is 17.3. The van der Waals surface area contributed by atoms with Gasteiger partial charge in [-0.3, -0.25) is 4.79 Å². The molecule has 160 valence electrons. The summed E-state index contributed by atoms with van der Waals surface area (Å²) in [6, 6.07) is 1.76. The van der Waals surface area contributed by atoms with Gasteiger partial charge >= 0.3 is 6.09 Å². The highest BCUT2D eigenvalue weighted by Gasteiger charge is 2.34. The van der Waals surface area contributed by atoms with E-state index in [4.69, 9.17) is 14.2 Å². The van der Waals surface area contributed by atoms with Crippen LogP contribution in [0.3, 0.4) is 0 Å². The maximum absolute atomic E-state index is 12.9. The van der Waals surface area contributed by atoms with Crippen LogP contribution in [0.1, 0.15) is 48.5 Å². The highest BCUT2D eigenvalue weighted by atomic mass is 79.9. The summed E-state index contributed by atoms with van der Waals surface area (Å²) in [6.07, 6.45) is 3.43. The normalized spacial score (nSPS) is 16.8. The molecule has 0 unspecified atom stereocenters. The van der Waals surface area contributed by atoms with Gasteiger partial charge in [0.05, 0.1) is 25.3 Å². The van der Waals surface area contributed by atoms with Crippen molar-refractivity contribution < 1.29 is 23.8 Å². The number of amides is 2. The predicted octanol–water partition coefficient (Wildman–Crippen LogP) is 4.07. The molecular formula is C21H29BrN2O5. The minimum absolute atomic E-state index is 0.0167. The van der Waals surface area contributed by atoms with Gasteiger partial charge in [0.2, 0.25) is 0 Å². The van der Waals surface area contributed by atoms with E-state index in [-0.39, 0.29) is 12.0 Å². The Hall–Kier alpha value is -1.96. The number of benzene rings is 1. The molecule has 29 heavy (non-hydrogen) atoms. The van der Waals surface area contributed by atoms with E-state index in [9.17, 15) is 9.59 Å². The molecular weight excluding hydrogens is 440 g/mol. The third kappa shape index (κ3) is 4.63. The topological polar surface area (TPSA) is 68.3 Å². The molecule has 0 aliphatic carbocycles. The third-order valence-corrected chi connectivity index (χ3v) is 6.49. The fourth-order valence-corrected chi connectivity index (χ4v) is 4.62. The first-order valence-electron chi connectivity index (χ1n) is 10.1. The van der Waals surface area contributed by atoms with Crippen LogP contribution in [0.2, 0.25) is 0 Å². The standard InChI is InChI=1S/C21H29BrN2O5/c1-4-5-10-29-21(26)23-8-6-14(7-9-23)12-24-13-16-15(20(24)25)11-17(27-2)19(28-3)18(16)22/h11,14H,4-10,12-13H2,1-3H3. The smallest absolute Gasteiger partial charge is 0.409 e. The summed E-state index contributed by atoms with van der Waals surface area (Å²) in [6.45, 7) is 5.14. The first-order chi connectivity index (χ1) is 14.0. The van der Waals surface area contributed by atoms with Crippen LogP contribution in [0.15, 0.2) is 10.5 Å². The molecule has 1 aromatic carbocycles. The number of piperidine rings is 1. The maximum atomic E-state index is 12.9. The van der Waals surface area contributed by atoms with Crippen LogP contribution in [0.5, 0.6) is 11.5 Å². The molecule has 1 saturated heterocycles. The van der Waals surface area contributed by atoms with Gasteiger partial charge in [0.25, 0.3) is 5.91 Å². The van der Waals surface area contributed by atoms with Crippen molar-refractivity contribution >= 4 is 27.9 Å². The number of fused-ring (bicyclic) bond motifs is 1. The van der Waals surface area contributed by atoms with Gasteiger partial charge in [-0.25, -0.2) is 4.79 Å². The zero-order valence-corrected chi connectivity index (χ0v) is 18.9. The van der Waals surface area contributed by atoms with E-state index in [0.29, 0.717) is 55.8 Å². The zero-order chi connectivity index (χ0) is 21.0. The van der Waals surface area contributed by atoms with E-state index < -0.39 is 0 Å². The lowest BCUT2D eigenvalue weighted by Gasteiger charge is -2.33. The molecule has 2 aliphatic rings. The van der Waals surface area contributed by atoms with Crippen molar-refractivity contribution in [3.8, 4) is 11.5 Å². The second kappa shape index (κ2) is 9.69. The van der Waals surface area contributed by atoms with Gasteiger partial charge in [-0.2, -0.15) is 0 Å². The Morgan fingerprint density at radius 2 is 1.97 bits per heavy atom. The Morgan fingerprint density at radius 1 is 1.24 bits per heavy atom. The molecule has 3 rings (SSSR count). The quantitative estimate of drug-likeness (QED) is 0.564. The largest absolute Gasteiger partial charge is 0.493 e. The number of carbonyl (C=O) groups excluding carboxylic acids is 2. The van der Waals surface area contributed by atoms with Gasteiger partial charge in [-0.1, -0.05) is 13.3 Å². The number of likely N-dealkylation sites (tertiary alicyclic amines) is 1. The van der Waals surface area contributed by atoms with Crippen LogP contribution >= 0.6 is 15.9 Å². The fraction of sp³-hybridized carbons (Fsp3) is 0.619. The van der Waals surface area contributed by atoms with Gasteiger partial charge < -0.3 is 24.0 Å². The molecule has 2 heterocycles. The number of hydrogen-bond acceptors (Lipinski definition) is 5. The molecule has 0 atom stereocenters. The Balaban J connectivity index is 1.58. The molecule has 8 heteroatoms. The number of hydrogen-bond donors (Lipinski definition) is 0. The molecule has 0 bridgehead atoms. The molecule has 2 aliphatic heterocycles. The van der Waals surface area contributed by atoms with E-state index in [1.165, 1.54) is 0 Å². The van der Waals surface area contributed by atoms with Crippen molar-refractivity contribution in [1.29, 1.82) is 0 Å². The van der Waals surface area contributed by atoms with E-state index in [1.807, 2.05) is 4.90 Å². The lowest BCUT2D eigenvalue weighted by atomic mass is 9.96.